The van der Waals surface area contributed by atoms with Gasteiger partial charge < -0.3 is 10.4 Å². The Morgan fingerprint density at radius 1 is 1.65 bits per heavy atom. The average molecular weight is 273 g/mol. The van der Waals surface area contributed by atoms with Gasteiger partial charge in [-0.25, -0.2) is 4.98 Å². The van der Waals surface area contributed by atoms with Gasteiger partial charge in [-0.15, -0.1) is 0 Å². The second-order valence-electron chi connectivity index (χ2n) is 4.08. The Labute approximate surface area is 109 Å². The number of carbonyl (C=O) groups excluding carboxylic acids is 1. The van der Waals surface area contributed by atoms with Crippen molar-refractivity contribution in [1.29, 1.82) is 0 Å². The third kappa shape index (κ3) is 3.34. The minimum atomic E-state index is -0.764. The van der Waals surface area contributed by atoms with E-state index in [2.05, 4.69) is 10.3 Å². The number of hydrogen-bond acceptors (Lipinski definition) is 4. The SMILES string of the molecule is O=C(NCC1(O)CCSC1)c1ccc(Cl)nc1. The van der Waals surface area contributed by atoms with Crippen LogP contribution in [0, 0.1) is 0 Å². The van der Waals surface area contributed by atoms with E-state index in [1.807, 2.05) is 0 Å². The first-order valence-corrected chi connectivity index (χ1v) is 6.82. The Hall–Kier alpha value is -0.780. The lowest BCUT2D eigenvalue weighted by Crippen LogP contribution is -2.42. The number of aromatic nitrogens is 1. The zero-order chi connectivity index (χ0) is 12.3. The van der Waals surface area contributed by atoms with Crippen LogP contribution in [0.2, 0.25) is 5.15 Å². The predicted molar refractivity (Wildman–Crippen MR) is 68.5 cm³/mol. The Bertz CT molecular complexity index is 404. The zero-order valence-electron chi connectivity index (χ0n) is 9.15. The monoisotopic (exact) mass is 272 g/mol. The molecule has 1 aliphatic heterocycles. The highest BCUT2D eigenvalue weighted by molar-refractivity contribution is 7.99. The summed E-state index contributed by atoms with van der Waals surface area (Å²) in [4.78, 5) is 15.6. The average Bonchev–Trinajstić information content (AvgIpc) is 2.75. The Morgan fingerprint density at radius 2 is 2.47 bits per heavy atom. The maximum absolute atomic E-state index is 11.7. The van der Waals surface area contributed by atoms with Crippen molar-refractivity contribution < 1.29 is 9.90 Å². The van der Waals surface area contributed by atoms with Gasteiger partial charge in [0.2, 0.25) is 0 Å². The molecule has 0 saturated carbocycles. The van der Waals surface area contributed by atoms with Gasteiger partial charge in [-0.05, 0) is 24.3 Å². The molecule has 2 N–H and O–H groups in total. The summed E-state index contributed by atoms with van der Waals surface area (Å²) in [5, 5.41) is 13.1. The van der Waals surface area contributed by atoms with E-state index < -0.39 is 5.60 Å². The van der Waals surface area contributed by atoms with Crippen molar-refractivity contribution in [3.8, 4) is 0 Å². The largest absolute Gasteiger partial charge is 0.387 e. The van der Waals surface area contributed by atoms with Crippen LogP contribution in [0.25, 0.3) is 0 Å². The van der Waals surface area contributed by atoms with Crippen molar-refractivity contribution in [2.24, 2.45) is 0 Å². The van der Waals surface area contributed by atoms with Crippen LogP contribution in [0.15, 0.2) is 18.3 Å². The molecule has 92 valence electrons. The number of halogens is 1. The van der Waals surface area contributed by atoms with Crippen LogP contribution >= 0.6 is 23.4 Å². The first-order chi connectivity index (χ1) is 8.09. The molecule has 1 aliphatic rings. The molecule has 4 nitrogen and oxygen atoms in total. The van der Waals surface area contributed by atoms with Crippen LogP contribution in [0.4, 0.5) is 0 Å². The minimum absolute atomic E-state index is 0.237. The lowest BCUT2D eigenvalue weighted by molar-refractivity contribution is 0.0612. The summed E-state index contributed by atoms with van der Waals surface area (Å²) in [6.07, 6.45) is 2.14. The molecule has 0 radical (unpaired) electrons. The molecule has 1 atom stereocenters. The number of pyridine rings is 1. The van der Waals surface area contributed by atoms with E-state index >= 15 is 0 Å². The molecule has 0 aromatic carbocycles. The smallest absolute Gasteiger partial charge is 0.252 e. The summed E-state index contributed by atoms with van der Waals surface area (Å²) < 4.78 is 0. The van der Waals surface area contributed by atoms with Gasteiger partial charge in [-0.3, -0.25) is 4.79 Å². The molecule has 17 heavy (non-hydrogen) atoms. The minimum Gasteiger partial charge on any atom is -0.387 e. The summed E-state index contributed by atoms with van der Waals surface area (Å²) in [7, 11) is 0. The standard InChI is InChI=1S/C11H13ClN2O2S/c12-9-2-1-8(5-13-9)10(15)14-6-11(16)3-4-17-7-11/h1-2,5,16H,3-4,6-7H2,(H,14,15). The predicted octanol–water partition coefficient (Wildman–Crippen LogP) is 1.33. The normalized spacial score (nSPS) is 23.6. The summed E-state index contributed by atoms with van der Waals surface area (Å²) in [5.41, 5.74) is -0.316. The van der Waals surface area contributed by atoms with Crippen LogP contribution in [-0.4, -0.2) is 39.6 Å². The first-order valence-electron chi connectivity index (χ1n) is 5.29. The fourth-order valence-corrected chi connectivity index (χ4v) is 3.00. The van der Waals surface area contributed by atoms with Gasteiger partial charge in [0.05, 0.1) is 11.2 Å². The third-order valence-electron chi connectivity index (χ3n) is 2.65. The van der Waals surface area contributed by atoms with Gasteiger partial charge in [-0.1, -0.05) is 11.6 Å². The van der Waals surface area contributed by atoms with E-state index in [0.717, 1.165) is 12.2 Å². The van der Waals surface area contributed by atoms with Gasteiger partial charge in [0.1, 0.15) is 5.15 Å². The number of hydrogen-bond donors (Lipinski definition) is 2. The van der Waals surface area contributed by atoms with Crippen molar-refractivity contribution in [3.05, 3.63) is 29.0 Å². The summed E-state index contributed by atoms with van der Waals surface area (Å²) in [6, 6.07) is 3.18. The van der Waals surface area contributed by atoms with Crippen molar-refractivity contribution in [1.82, 2.24) is 10.3 Å². The molecule has 1 aromatic rings. The van der Waals surface area contributed by atoms with Crippen molar-refractivity contribution in [2.45, 2.75) is 12.0 Å². The van der Waals surface area contributed by atoms with Crippen molar-refractivity contribution >= 4 is 29.3 Å². The Balaban J connectivity index is 1.91. The van der Waals surface area contributed by atoms with Crippen LogP contribution in [0.5, 0.6) is 0 Å². The third-order valence-corrected chi connectivity index (χ3v) is 4.11. The number of aliphatic hydroxyl groups is 1. The molecule has 0 spiro atoms. The van der Waals surface area contributed by atoms with Crippen molar-refractivity contribution in [3.63, 3.8) is 0 Å². The molecule has 1 unspecified atom stereocenters. The van der Waals surface area contributed by atoms with Gasteiger partial charge >= 0.3 is 0 Å². The van der Waals surface area contributed by atoms with E-state index in [0.29, 0.717) is 16.5 Å². The fraction of sp³-hybridized carbons (Fsp3) is 0.455. The number of amides is 1. The second-order valence-corrected chi connectivity index (χ2v) is 5.57. The lowest BCUT2D eigenvalue weighted by Gasteiger charge is -2.21. The van der Waals surface area contributed by atoms with Crippen LogP contribution in [0.1, 0.15) is 16.8 Å². The Kier molecular flexibility index (Phi) is 3.91. The first kappa shape index (κ1) is 12.7. The molecule has 1 amide bonds. The molecule has 0 bridgehead atoms. The maximum atomic E-state index is 11.7. The lowest BCUT2D eigenvalue weighted by atomic mass is 10.0. The highest BCUT2D eigenvalue weighted by Gasteiger charge is 2.31. The molecule has 2 heterocycles. The second kappa shape index (κ2) is 5.25. The van der Waals surface area contributed by atoms with Gasteiger partial charge in [0.25, 0.3) is 5.91 Å². The molecular weight excluding hydrogens is 260 g/mol. The Morgan fingerprint density at radius 3 is 3.06 bits per heavy atom. The number of rotatable bonds is 3. The highest BCUT2D eigenvalue weighted by atomic mass is 35.5. The molecule has 1 saturated heterocycles. The summed E-state index contributed by atoms with van der Waals surface area (Å²) in [6.45, 7) is 0.279. The number of thioether (sulfide) groups is 1. The molecule has 1 aromatic heterocycles. The van der Waals surface area contributed by atoms with Crippen LogP contribution in [0.3, 0.4) is 0 Å². The van der Waals surface area contributed by atoms with Gasteiger partial charge in [-0.2, -0.15) is 11.8 Å². The molecule has 1 fully saturated rings. The van der Waals surface area contributed by atoms with E-state index in [9.17, 15) is 9.90 Å². The van der Waals surface area contributed by atoms with E-state index in [1.54, 1.807) is 23.9 Å². The van der Waals surface area contributed by atoms with E-state index in [1.165, 1.54) is 6.20 Å². The molecule has 0 aliphatic carbocycles. The fourth-order valence-electron chi connectivity index (χ4n) is 1.59. The van der Waals surface area contributed by atoms with Gasteiger partial charge in [0, 0.05) is 18.5 Å². The number of carbonyl (C=O) groups is 1. The molecular formula is C11H13ClN2O2S. The summed E-state index contributed by atoms with van der Waals surface area (Å²) >= 11 is 7.33. The van der Waals surface area contributed by atoms with E-state index in [-0.39, 0.29) is 12.5 Å². The van der Waals surface area contributed by atoms with E-state index in [4.69, 9.17) is 11.6 Å². The quantitative estimate of drug-likeness (QED) is 0.815. The maximum Gasteiger partial charge on any atom is 0.252 e. The highest BCUT2D eigenvalue weighted by Crippen LogP contribution is 2.26. The molecule has 2 rings (SSSR count). The number of nitrogens with one attached hydrogen (secondary N) is 1. The van der Waals surface area contributed by atoms with Crippen LogP contribution in [-0.2, 0) is 0 Å². The zero-order valence-corrected chi connectivity index (χ0v) is 10.7. The number of nitrogens with zero attached hydrogens (tertiary/aromatic N) is 1. The summed E-state index contributed by atoms with van der Waals surface area (Å²) in [5.74, 6) is 1.38. The topological polar surface area (TPSA) is 62.2 Å². The molecule has 6 heteroatoms. The van der Waals surface area contributed by atoms with Crippen LogP contribution < -0.4 is 5.32 Å². The van der Waals surface area contributed by atoms with Gasteiger partial charge in [0.15, 0.2) is 0 Å². The van der Waals surface area contributed by atoms with Crippen molar-refractivity contribution in [2.75, 3.05) is 18.1 Å².